The van der Waals surface area contributed by atoms with E-state index in [1.807, 2.05) is 11.9 Å². The van der Waals surface area contributed by atoms with Gasteiger partial charge in [0.1, 0.15) is 0 Å². The molecule has 3 aliphatic rings. The molecule has 0 aliphatic carbocycles. The molecule has 2 unspecified atom stereocenters. The van der Waals surface area contributed by atoms with Crippen LogP contribution in [0.15, 0.2) is 4.99 Å². The first kappa shape index (κ1) is 26.6. The third-order valence-corrected chi connectivity index (χ3v) is 7.24. The number of piperazine rings is 1. The molecule has 3 heterocycles. The Balaban J connectivity index is 0.00000341. The van der Waals surface area contributed by atoms with Gasteiger partial charge < -0.3 is 20.0 Å². The van der Waals surface area contributed by atoms with Crippen molar-refractivity contribution in [2.24, 2.45) is 4.99 Å². The van der Waals surface area contributed by atoms with Crippen LogP contribution in [-0.2, 0) is 4.79 Å². The smallest absolute Gasteiger partial charge is 0.239 e. The molecular formula is C23H45IN6O. The second-order valence-electron chi connectivity index (χ2n) is 9.29. The van der Waals surface area contributed by atoms with Gasteiger partial charge in [-0.2, -0.15) is 0 Å². The molecule has 3 saturated heterocycles. The van der Waals surface area contributed by atoms with Gasteiger partial charge in [-0.15, -0.1) is 24.0 Å². The van der Waals surface area contributed by atoms with Gasteiger partial charge in [0.05, 0.1) is 6.04 Å². The predicted molar refractivity (Wildman–Crippen MR) is 139 cm³/mol. The number of guanidine groups is 1. The Morgan fingerprint density at radius 2 is 1.65 bits per heavy atom. The predicted octanol–water partition coefficient (Wildman–Crippen LogP) is 2.46. The van der Waals surface area contributed by atoms with E-state index in [9.17, 15) is 4.79 Å². The van der Waals surface area contributed by atoms with E-state index < -0.39 is 0 Å². The van der Waals surface area contributed by atoms with Crippen LogP contribution in [0, 0.1) is 0 Å². The third kappa shape index (κ3) is 7.74. The molecule has 0 aromatic heterocycles. The fourth-order valence-electron chi connectivity index (χ4n) is 5.14. The van der Waals surface area contributed by atoms with Crippen LogP contribution in [0.25, 0.3) is 0 Å². The fraction of sp³-hybridized carbons (Fsp3) is 0.913. The molecule has 1 N–H and O–H groups in total. The number of halogens is 1. The molecular weight excluding hydrogens is 503 g/mol. The van der Waals surface area contributed by atoms with Gasteiger partial charge in [0, 0.05) is 58.9 Å². The average molecular weight is 549 g/mol. The van der Waals surface area contributed by atoms with Gasteiger partial charge >= 0.3 is 0 Å². The second kappa shape index (κ2) is 13.8. The van der Waals surface area contributed by atoms with Crippen LogP contribution in [0.1, 0.15) is 58.8 Å². The van der Waals surface area contributed by atoms with Crippen LogP contribution in [0.4, 0.5) is 0 Å². The minimum absolute atomic E-state index is 0. The van der Waals surface area contributed by atoms with Crippen molar-refractivity contribution in [1.82, 2.24) is 24.9 Å². The number of aliphatic imine (C=N–C) groups is 1. The summed E-state index contributed by atoms with van der Waals surface area (Å²) in [6.45, 7) is 13.5. The van der Waals surface area contributed by atoms with E-state index in [4.69, 9.17) is 0 Å². The Hall–Kier alpha value is -0.610. The van der Waals surface area contributed by atoms with E-state index >= 15 is 0 Å². The van der Waals surface area contributed by atoms with Gasteiger partial charge in [-0.25, -0.2) is 0 Å². The maximum atomic E-state index is 12.7. The third-order valence-electron chi connectivity index (χ3n) is 7.24. The quantitative estimate of drug-likeness (QED) is 0.229. The van der Waals surface area contributed by atoms with E-state index in [-0.39, 0.29) is 30.0 Å². The molecule has 0 spiro atoms. The maximum absolute atomic E-state index is 12.7. The number of carbonyl (C=O) groups is 1. The Labute approximate surface area is 207 Å². The van der Waals surface area contributed by atoms with Crippen LogP contribution < -0.4 is 5.32 Å². The summed E-state index contributed by atoms with van der Waals surface area (Å²) < 4.78 is 0. The molecule has 3 fully saturated rings. The molecule has 2 atom stereocenters. The minimum Gasteiger partial charge on any atom is -0.356 e. The Bertz CT molecular complexity index is 560. The molecule has 0 radical (unpaired) electrons. The summed E-state index contributed by atoms with van der Waals surface area (Å²) in [4.78, 5) is 26.6. The SMILES string of the molecule is CN=C(NCCCCN1CCCCC1C)N1CCN(C(C)C(=O)N2CCCC2)CC1.I. The molecule has 31 heavy (non-hydrogen) atoms. The lowest BCUT2D eigenvalue weighted by molar-refractivity contribution is -0.135. The van der Waals surface area contributed by atoms with Gasteiger partial charge in [0.2, 0.25) is 5.91 Å². The van der Waals surface area contributed by atoms with Crippen LogP contribution in [0.2, 0.25) is 0 Å². The Morgan fingerprint density at radius 3 is 2.29 bits per heavy atom. The molecule has 3 rings (SSSR count). The lowest BCUT2D eigenvalue weighted by Gasteiger charge is -2.39. The van der Waals surface area contributed by atoms with Crippen molar-refractivity contribution in [3.05, 3.63) is 0 Å². The average Bonchev–Trinajstić information content (AvgIpc) is 3.31. The first-order chi connectivity index (χ1) is 14.6. The molecule has 3 aliphatic heterocycles. The summed E-state index contributed by atoms with van der Waals surface area (Å²) in [7, 11) is 1.88. The first-order valence-electron chi connectivity index (χ1n) is 12.3. The monoisotopic (exact) mass is 548 g/mol. The summed E-state index contributed by atoms with van der Waals surface area (Å²) in [5, 5.41) is 3.56. The largest absolute Gasteiger partial charge is 0.356 e. The molecule has 8 heteroatoms. The van der Waals surface area contributed by atoms with Gasteiger partial charge in [-0.05, 0) is 65.5 Å². The zero-order valence-corrected chi connectivity index (χ0v) is 22.4. The highest BCUT2D eigenvalue weighted by molar-refractivity contribution is 14.0. The molecule has 7 nitrogen and oxygen atoms in total. The number of carbonyl (C=O) groups excluding carboxylic acids is 1. The van der Waals surface area contributed by atoms with E-state index in [0.717, 1.165) is 70.7 Å². The number of likely N-dealkylation sites (tertiary alicyclic amines) is 2. The van der Waals surface area contributed by atoms with Crippen LogP contribution in [0.3, 0.4) is 0 Å². The number of nitrogens with one attached hydrogen (secondary N) is 1. The summed E-state index contributed by atoms with van der Waals surface area (Å²) in [6.07, 6.45) is 8.87. The maximum Gasteiger partial charge on any atom is 0.239 e. The highest BCUT2D eigenvalue weighted by Crippen LogP contribution is 2.17. The number of amides is 1. The summed E-state index contributed by atoms with van der Waals surface area (Å²) in [5.74, 6) is 1.32. The summed E-state index contributed by atoms with van der Waals surface area (Å²) in [5.41, 5.74) is 0. The van der Waals surface area contributed by atoms with Crippen molar-refractivity contribution in [3.63, 3.8) is 0 Å². The topological polar surface area (TPSA) is 54.4 Å². The van der Waals surface area contributed by atoms with Crippen molar-refractivity contribution < 1.29 is 4.79 Å². The fourth-order valence-corrected chi connectivity index (χ4v) is 5.14. The van der Waals surface area contributed by atoms with E-state index in [2.05, 4.69) is 38.9 Å². The van der Waals surface area contributed by atoms with Crippen molar-refractivity contribution >= 4 is 35.8 Å². The van der Waals surface area contributed by atoms with Gasteiger partial charge in [-0.3, -0.25) is 14.7 Å². The minimum atomic E-state index is -0.00240. The highest BCUT2D eigenvalue weighted by Gasteiger charge is 2.30. The van der Waals surface area contributed by atoms with Gasteiger partial charge in [-0.1, -0.05) is 6.42 Å². The molecule has 0 aromatic rings. The number of nitrogens with zero attached hydrogens (tertiary/aromatic N) is 5. The van der Waals surface area contributed by atoms with Gasteiger partial charge in [0.25, 0.3) is 0 Å². The van der Waals surface area contributed by atoms with Crippen molar-refractivity contribution in [3.8, 4) is 0 Å². The van der Waals surface area contributed by atoms with Crippen LogP contribution in [-0.4, -0.2) is 110 Å². The van der Waals surface area contributed by atoms with E-state index in [1.165, 1.54) is 45.2 Å². The normalized spacial score (nSPS) is 24.7. The Morgan fingerprint density at radius 1 is 0.968 bits per heavy atom. The van der Waals surface area contributed by atoms with Crippen molar-refractivity contribution in [2.75, 3.05) is 66.0 Å². The summed E-state index contributed by atoms with van der Waals surface area (Å²) >= 11 is 0. The highest BCUT2D eigenvalue weighted by atomic mass is 127. The molecule has 0 aromatic carbocycles. The lowest BCUT2D eigenvalue weighted by atomic mass is 10.0. The number of unbranched alkanes of at least 4 members (excludes halogenated alkanes) is 1. The molecule has 180 valence electrons. The zero-order valence-electron chi connectivity index (χ0n) is 20.0. The number of hydrogen-bond acceptors (Lipinski definition) is 4. The van der Waals surface area contributed by atoms with E-state index in [0.29, 0.717) is 5.91 Å². The zero-order chi connectivity index (χ0) is 21.3. The number of hydrogen-bond donors (Lipinski definition) is 1. The molecule has 0 saturated carbocycles. The van der Waals surface area contributed by atoms with Gasteiger partial charge in [0.15, 0.2) is 5.96 Å². The lowest BCUT2D eigenvalue weighted by Crippen LogP contribution is -2.57. The molecule has 0 bridgehead atoms. The van der Waals surface area contributed by atoms with Crippen molar-refractivity contribution in [2.45, 2.75) is 70.9 Å². The molecule has 1 amide bonds. The van der Waals surface area contributed by atoms with Crippen LogP contribution in [0.5, 0.6) is 0 Å². The van der Waals surface area contributed by atoms with Crippen molar-refractivity contribution in [1.29, 1.82) is 0 Å². The standard InChI is InChI=1S/C23H44N6O.HI/c1-20-10-4-6-12-26(20)13-7-5-11-25-23(24-3)29-18-16-27(17-19-29)21(2)22(30)28-14-8-9-15-28;/h20-21H,4-19H2,1-3H3,(H,24,25);1H. The first-order valence-corrected chi connectivity index (χ1v) is 12.3. The number of piperidine rings is 1. The van der Waals surface area contributed by atoms with E-state index in [1.54, 1.807) is 0 Å². The number of rotatable bonds is 7. The second-order valence-corrected chi connectivity index (χ2v) is 9.29. The Kier molecular flexibility index (Phi) is 11.9. The summed E-state index contributed by atoms with van der Waals surface area (Å²) in [6, 6.07) is 0.757. The van der Waals surface area contributed by atoms with Crippen LogP contribution >= 0.6 is 24.0 Å².